The van der Waals surface area contributed by atoms with Gasteiger partial charge in [0.2, 0.25) is 5.91 Å². The molecule has 1 aliphatic rings. The number of thiophene rings is 1. The zero-order valence-corrected chi connectivity index (χ0v) is 10.8. The summed E-state index contributed by atoms with van der Waals surface area (Å²) < 4.78 is 0. The Morgan fingerprint density at radius 3 is 2.88 bits per heavy atom. The number of hydrogen-bond acceptors (Lipinski definition) is 4. The van der Waals surface area contributed by atoms with Crippen LogP contribution in [0.3, 0.4) is 0 Å². The van der Waals surface area contributed by atoms with E-state index < -0.39 is 5.97 Å². The van der Waals surface area contributed by atoms with Gasteiger partial charge in [-0.3, -0.25) is 4.79 Å². The van der Waals surface area contributed by atoms with Crippen LogP contribution < -0.4 is 5.32 Å². The smallest absolute Gasteiger partial charge is 0.345 e. The quantitative estimate of drug-likeness (QED) is 0.778. The van der Waals surface area contributed by atoms with E-state index in [1.165, 1.54) is 23.1 Å². The molecule has 1 amide bonds. The minimum absolute atomic E-state index is 0.0914. The Labute approximate surface area is 107 Å². The van der Waals surface area contributed by atoms with Gasteiger partial charge >= 0.3 is 5.97 Å². The van der Waals surface area contributed by atoms with Crippen LogP contribution in [0.4, 0.5) is 0 Å². The zero-order chi connectivity index (χ0) is 12.3. The second-order valence-corrected chi connectivity index (χ2v) is 5.97. The summed E-state index contributed by atoms with van der Waals surface area (Å²) in [6, 6.07) is 2.06. The minimum Gasteiger partial charge on any atom is -0.477 e. The van der Waals surface area contributed by atoms with Gasteiger partial charge in [0.1, 0.15) is 4.88 Å². The Morgan fingerprint density at radius 1 is 1.53 bits per heavy atom. The second kappa shape index (κ2) is 5.55. The average Bonchev–Trinajstić information content (AvgIpc) is 2.94. The maximum Gasteiger partial charge on any atom is 0.345 e. The van der Waals surface area contributed by atoms with Crippen molar-refractivity contribution in [2.45, 2.75) is 30.2 Å². The molecule has 92 valence electrons. The van der Waals surface area contributed by atoms with Gasteiger partial charge in [0, 0.05) is 28.5 Å². The van der Waals surface area contributed by atoms with E-state index in [4.69, 9.17) is 5.11 Å². The maximum atomic E-state index is 11.4. The van der Waals surface area contributed by atoms with Crippen molar-refractivity contribution in [3.05, 3.63) is 16.3 Å². The predicted octanol–water partition coefficient (Wildman–Crippen LogP) is 2.21. The normalized spacial score (nSPS) is 14.6. The first-order valence-corrected chi connectivity index (χ1v) is 7.25. The van der Waals surface area contributed by atoms with Crippen molar-refractivity contribution in [2.75, 3.05) is 5.75 Å². The molecule has 17 heavy (non-hydrogen) atoms. The highest BCUT2D eigenvalue weighted by atomic mass is 32.2. The monoisotopic (exact) mass is 271 g/mol. The molecular formula is C11H13NO3S2. The van der Waals surface area contributed by atoms with Gasteiger partial charge in [-0.2, -0.15) is 0 Å². The van der Waals surface area contributed by atoms with Crippen LogP contribution in [-0.2, 0) is 4.79 Å². The maximum absolute atomic E-state index is 11.4. The highest BCUT2D eigenvalue weighted by molar-refractivity contribution is 7.99. The molecule has 0 aliphatic heterocycles. The molecule has 0 bridgehead atoms. The summed E-state index contributed by atoms with van der Waals surface area (Å²) in [7, 11) is 0. The Balaban J connectivity index is 1.69. The molecule has 4 nitrogen and oxygen atoms in total. The fraction of sp³-hybridized carbons (Fsp3) is 0.455. The van der Waals surface area contributed by atoms with Gasteiger partial charge in [0.15, 0.2) is 0 Å². The number of rotatable bonds is 6. The molecule has 0 unspecified atom stereocenters. The lowest BCUT2D eigenvalue weighted by Crippen LogP contribution is -2.25. The molecule has 2 N–H and O–H groups in total. The molecule has 6 heteroatoms. The van der Waals surface area contributed by atoms with Crippen molar-refractivity contribution < 1.29 is 14.7 Å². The first-order chi connectivity index (χ1) is 8.15. The molecule has 1 heterocycles. The van der Waals surface area contributed by atoms with E-state index in [2.05, 4.69) is 5.32 Å². The first-order valence-electron chi connectivity index (χ1n) is 5.39. The SMILES string of the molecule is O=C(CCSc1csc(C(=O)O)c1)NC1CC1. The van der Waals surface area contributed by atoms with Crippen LogP contribution in [-0.4, -0.2) is 28.8 Å². The number of nitrogens with one attached hydrogen (secondary N) is 1. The van der Waals surface area contributed by atoms with Gasteiger partial charge < -0.3 is 10.4 Å². The van der Waals surface area contributed by atoms with E-state index in [-0.39, 0.29) is 5.91 Å². The number of amides is 1. The molecule has 0 radical (unpaired) electrons. The van der Waals surface area contributed by atoms with Crippen molar-refractivity contribution in [2.24, 2.45) is 0 Å². The lowest BCUT2D eigenvalue weighted by atomic mass is 10.4. The summed E-state index contributed by atoms with van der Waals surface area (Å²) in [6.45, 7) is 0. The van der Waals surface area contributed by atoms with E-state index in [1.54, 1.807) is 6.07 Å². The van der Waals surface area contributed by atoms with Crippen LogP contribution in [0, 0.1) is 0 Å². The number of thioether (sulfide) groups is 1. The van der Waals surface area contributed by atoms with Crippen LogP contribution in [0.2, 0.25) is 0 Å². The first kappa shape index (κ1) is 12.4. The Bertz CT molecular complexity index is 426. The molecule has 1 aromatic rings. The minimum atomic E-state index is -0.895. The molecule has 0 spiro atoms. The van der Waals surface area contributed by atoms with Crippen LogP contribution >= 0.6 is 23.1 Å². The molecule has 0 atom stereocenters. The van der Waals surface area contributed by atoms with Gasteiger partial charge in [0.05, 0.1) is 0 Å². The predicted molar refractivity (Wildman–Crippen MR) is 67.8 cm³/mol. The van der Waals surface area contributed by atoms with E-state index in [0.29, 0.717) is 23.1 Å². The molecule has 0 aromatic carbocycles. The van der Waals surface area contributed by atoms with Crippen LogP contribution in [0.15, 0.2) is 16.3 Å². The van der Waals surface area contributed by atoms with E-state index in [1.807, 2.05) is 5.38 Å². The number of carboxylic acid groups (broad SMARTS) is 1. The highest BCUT2D eigenvalue weighted by Gasteiger charge is 2.22. The molecule has 0 saturated heterocycles. The third kappa shape index (κ3) is 4.05. The summed E-state index contributed by atoms with van der Waals surface area (Å²) >= 11 is 2.74. The number of hydrogen-bond donors (Lipinski definition) is 2. The Hall–Kier alpha value is -1.01. The van der Waals surface area contributed by atoms with Crippen LogP contribution in [0.5, 0.6) is 0 Å². The van der Waals surface area contributed by atoms with Gasteiger partial charge in [0.25, 0.3) is 0 Å². The van der Waals surface area contributed by atoms with Crippen molar-refractivity contribution in [3.8, 4) is 0 Å². The average molecular weight is 271 g/mol. The van der Waals surface area contributed by atoms with Gasteiger partial charge in [-0.25, -0.2) is 4.79 Å². The summed E-state index contributed by atoms with van der Waals surface area (Å²) in [5.74, 6) is -0.115. The third-order valence-corrected chi connectivity index (χ3v) is 4.37. The largest absolute Gasteiger partial charge is 0.477 e. The van der Waals surface area contributed by atoms with Gasteiger partial charge in [-0.15, -0.1) is 23.1 Å². The van der Waals surface area contributed by atoms with Crippen molar-refractivity contribution in [1.82, 2.24) is 5.32 Å². The van der Waals surface area contributed by atoms with Crippen LogP contribution in [0.25, 0.3) is 0 Å². The molecule has 1 aromatic heterocycles. The molecule has 2 rings (SSSR count). The zero-order valence-electron chi connectivity index (χ0n) is 9.14. The summed E-state index contributed by atoms with van der Waals surface area (Å²) in [4.78, 5) is 23.3. The topological polar surface area (TPSA) is 66.4 Å². The summed E-state index contributed by atoms with van der Waals surface area (Å²) in [5, 5.41) is 13.5. The lowest BCUT2D eigenvalue weighted by Gasteiger charge is -2.01. The number of carbonyl (C=O) groups excluding carboxylic acids is 1. The Kier molecular flexibility index (Phi) is 4.06. The highest BCUT2D eigenvalue weighted by Crippen LogP contribution is 2.25. The molecule has 1 saturated carbocycles. The van der Waals surface area contributed by atoms with E-state index >= 15 is 0 Å². The molecule has 1 fully saturated rings. The molecule has 1 aliphatic carbocycles. The fourth-order valence-corrected chi connectivity index (χ4v) is 3.12. The lowest BCUT2D eigenvalue weighted by molar-refractivity contribution is -0.120. The standard InChI is InChI=1S/C11H13NO3S2/c13-10(12-7-1-2-7)3-4-16-8-5-9(11(14)15)17-6-8/h5-7H,1-4H2,(H,12,13)(H,14,15). The van der Waals surface area contributed by atoms with Crippen molar-refractivity contribution in [1.29, 1.82) is 0 Å². The number of carbonyl (C=O) groups is 2. The third-order valence-electron chi connectivity index (χ3n) is 2.33. The summed E-state index contributed by atoms with van der Waals surface area (Å²) in [5.41, 5.74) is 0. The van der Waals surface area contributed by atoms with Crippen molar-refractivity contribution >= 4 is 35.0 Å². The fourth-order valence-electron chi connectivity index (χ4n) is 1.30. The van der Waals surface area contributed by atoms with Crippen molar-refractivity contribution in [3.63, 3.8) is 0 Å². The molecular weight excluding hydrogens is 258 g/mol. The van der Waals surface area contributed by atoms with E-state index in [0.717, 1.165) is 17.7 Å². The Morgan fingerprint density at radius 2 is 2.29 bits per heavy atom. The van der Waals surface area contributed by atoms with Gasteiger partial charge in [-0.05, 0) is 18.9 Å². The number of carboxylic acids is 1. The van der Waals surface area contributed by atoms with Crippen LogP contribution in [0.1, 0.15) is 28.9 Å². The second-order valence-electron chi connectivity index (χ2n) is 3.89. The van der Waals surface area contributed by atoms with E-state index in [9.17, 15) is 9.59 Å². The summed E-state index contributed by atoms with van der Waals surface area (Å²) in [6.07, 6.45) is 2.69. The van der Waals surface area contributed by atoms with Gasteiger partial charge in [-0.1, -0.05) is 0 Å². The number of aromatic carboxylic acids is 1.